The van der Waals surface area contributed by atoms with Crippen molar-refractivity contribution in [2.45, 2.75) is 109 Å². The van der Waals surface area contributed by atoms with Gasteiger partial charge in [0, 0.05) is 18.7 Å². The Morgan fingerprint density at radius 1 is 0.971 bits per heavy atom. The lowest BCUT2D eigenvalue weighted by Crippen LogP contribution is -2.21. The number of hydrogen-bond acceptors (Lipinski definition) is 5. The summed E-state index contributed by atoms with van der Waals surface area (Å²) in [6.45, 7) is 4.79. The number of aromatic nitrogens is 1. The van der Waals surface area contributed by atoms with E-state index in [9.17, 15) is 4.79 Å². The lowest BCUT2D eigenvalue weighted by atomic mass is 10.0. The van der Waals surface area contributed by atoms with Crippen LogP contribution in [0, 0.1) is 5.92 Å². The summed E-state index contributed by atoms with van der Waals surface area (Å²) in [6, 6.07) is 3.53. The predicted octanol–water partition coefficient (Wildman–Crippen LogP) is 7.53. The maximum absolute atomic E-state index is 11.8. The van der Waals surface area contributed by atoms with Gasteiger partial charge in [0.2, 0.25) is 0 Å². The lowest BCUT2D eigenvalue weighted by Gasteiger charge is -2.11. The summed E-state index contributed by atoms with van der Waals surface area (Å²) in [5.74, 6) is 0.390. The molecule has 1 aliphatic rings. The fourth-order valence-corrected chi connectivity index (χ4v) is 4.42. The summed E-state index contributed by atoms with van der Waals surface area (Å²) in [5.41, 5.74) is 0.620. The van der Waals surface area contributed by atoms with Crippen molar-refractivity contribution in [3.63, 3.8) is 0 Å². The molecule has 2 atom stereocenters. The van der Waals surface area contributed by atoms with E-state index in [2.05, 4.69) is 17.2 Å². The number of rotatable bonds is 20. The van der Waals surface area contributed by atoms with Crippen molar-refractivity contribution in [2.75, 3.05) is 31.7 Å². The molecule has 2 rings (SSSR count). The van der Waals surface area contributed by atoms with Gasteiger partial charge in [-0.1, -0.05) is 90.4 Å². The topological polar surface area (TPSA) is 69.7 Å². The number of pyridine rings is 1. The lowest BCUT2D eigenvalue weighted by molar-refractivity contribution is 0.0430. The van der Waals surface area contributed by atoms with Crippen LogP contribution in [-0.4, -0.2) is 43.6 Å². The standard InChI is InChI=1S/C28H48N2O4/c1-2-3-4-5-6-7-8-9-10-11-12-13-14-15-19-32-22-25-20-27(33-23-25)24-34-28(31)30-26-17-16-18-29-21-26/h16-18,21,25,27H,2-15,19-20,22-24H2,1H3,(H,30,31)/t25-,27-/m0/s1. The Morgan fingerprint density at radius 2 is 1.62 bits per heavy atom. The van der Waals surface area contributed by atoms with Crippen molar-refractivity contribution in [3.8, 4) is 0 Å². The number of carbonyl (C=O) groups excluding carboxylic acids is 1. The minimum atomic E-state index is -0.478. The summed E-state index contributed by atoms with van der Waals surface area (Å²) in [6.07, 6.45) is 22.8. The Bertz CT molecular complexity index is 614. The van der Waals surface area contributed by atoms with Gasteiger partial charge >= 0.3 is 6.09 Å². The Kier molecular flexibility index (Phi) is 16.5. The van der Waals surface area contributed by atoms with Crippen LogP contribution < -0.4 is 5.32 Å². The second-order valence-electron chi connectivity index (χ2n) is 9.69. The van der Waals surface area contributed by atoms with Crippen LogP contribution in [0.25, 0.3) is 0 Å². The SMILES string of the molecule is CCCCCCCCCCCCCCCCOC[C@H]1CO[C@H](COC(=O)Nc2cccnc2)C1. The number of nitrogens with zero attached hydrogens (tertiary/aromatic N) is 1. The maximum Gasteiger partial charge on any atom is 0.411 e. The van der Waals surface area contributed by atoms with Gasteiger partial charge in [0.1, 0.15) is 6.61 Å². The average molecular weight is 477 g/mol. The molecule has 1 N–H and O–H groups in total. The number of hydrogen-bond donors (Lipinski definition) is 1. The number of amides is 1. The maximum atomic E-state index is 11.8. The molecule has 6 heteroatoms. The molecular formula is C28H48N2O4. The zero-order chi connectivity index (χ0) is 24.1. The van der Waals surface area contributed by atoms with E-state index < -0.39 is 6.09 Å². The molecular weight excluding hydrogens is 428 g/mol. The van der Waals surface area contributed by atoms with Crippen LogP contribution in [0.1, 0.15) is 103 Å². The first-order valence-corrected chi connectivity index (χ1v) is 13.8. The average Bonchev–Trinajstić information content (AvgIpc) is 3.31. The molecule has 0 aliphatic carbocycles. The summed E-state index contributed by atoms with van der Waals surface area (Å²) < 4.78 is 16.9. The van der Waals surface area contributed by atoms with Crippen LogP contribution in [0.5, 0.6) is 0 Å². The summed E-state index contributed by atoms with van der Waals surface area (Å²) >= 11 is 0. The van der Waals surface area contributed by atoms with Crippen LogP contribution >= 0.6 is 0 Å². The van der Waals surface area contributed by atoms with Crippen LogP contribution in [0.15, 0.2) is 24.5 Å². The molecule has 0 aromatic carbocycles. The summed E-state index contributed by atoms with van der Waals surface area (Å²) in [4.78, 5) is 15.8. The third-order valence-corrected chi connectivity index (χ3v) is 6.47. The third-order valence-electron chi connectivity index (χ3n) is 6.47. The first kappa shape index (κ1) is 28.6. The van der Waals surface area contributed by atoms with Crippen molar-refractivity contribution in [1.82, 2.24) is 4.98 Å². The van der Waals surface area contributed by atoms with Gasteiger partial charge in [-0.05, 0) is 25.0 Å². The molecule has 34 heavy (non-hydrogen) atoms. The molecule has 1 aliphatic heterocycles. The highest BCUT2D eigenvalue weighted by Gasteiger charge is 2.26. The van der Waals surface area contributed by atoms with Crippen molar-refractivity contribution in [3.05, 3.63) is 24.5 Å². The van der Waals surface area contributed by atoms with Crippen LogP contribution in [0.3, 0.4) is 0 Å². The molecule has 6 nitrogen and oxygen atoms in total. The molecule has 0 bridgehead atoms. The predicted molar refractivity (Wildman–Crippen MR) is 138 cm³/mol. The van der Waals surface area contributed by atoms with Crippen molar-refractivity contribution in [1.29, 1.82) is 0 Å². The number of unbranched alkanes of at least 4 members (excludes halogenated alkanes) is 13. The van der Waals surface area contributed by atoms with E-state index in [0.29, 0.717) is 18.2 Å². The Labute approximate surface area is 207 Å². The van der Waals surface area contributed by atoms with Crippen molar-refractivity contribution >= 4 is 11.8 Å². The zero-order valence-corrected chi connectivity index (χ0v) is 21.5. The van der Waals surface area contributed by atoms with E-state index in [-0.39, 0.29) is 12.7 Å². The van der Waals surface area contributed by atoms with Gasteiger partial charge in [-0.15, -0.1) is 0 Å². The highest BCUT2D eigenvalue weighted by molar-refractivity contribution is 5.84. The molecule has 194 valence electrons. The van der Waals surface area contributed by atoms with E-state index in [1.54, 1.807) is 24.5 Å². The smallest absolute Gasteiger partial charge is 0.411 e. The molecule has 1 saturated heterocycles. The fourth-order valence-electron chi connectivity index (χ4n) is 4.42. The van der Waals surface area contributed by atoms with E-state index in [1.807, 2.05) is 0 Å². The Morgan fingerprint density at radius 3 is 2.24 bits per heavy atom. The number of anilines is 1. The number of nitrogens with one attached hydrogen (secondary N) is 1. The number of carbonyl (C=O) groups is 1. The van der Waals surface area contributed by atoms with Crippen molar-refractivity contribution in [2.24, 2.45) is 5.92 Å². The van der Waals surface area contributed by atoms with Gasteiger partial charge < -0.3 is 14.2 Å². The minimum absolute atomic E-state index is 0.0469. The van der Waals surface area contributed by atoms with Gasteiger partial charge in [-0.3, -0.25) is 10.3 Å². The van der Waals surface area contributed by atoms with Crippen LogP contribution in [0.4, 0.5) is 10.5 Å². The third kappa shape index (κ3) is 14.6. The molecule has 0 spiro atoms. The second-order valence-corrected chi connectivity index (χ2v) is 9.69. The fraction of sp³-hybridized carbons (Fsp3) is 0.786. The molecule has 1 fully saturated rings. The Balaban J connectivity index is 1.32. The minimum Gasteiger partial charge on any atom is -0.447 e. The molecule has 1 aromatic heterocycles. The highest BCUT2D eigenvalue weighted by Crippen LogP contribution is 2.21. The van der Waals surface area contributed by atoms with E-state index in [0.717, 1.165) is 26.1 Å². The van der Waals surface area contributed by atoms with Gasteiger partial charge in [0.05, 0.1) is 31.2 Å². The summed E-state index contributed by atoms with van der Waals surface area (Å²) in [7, 11) is 0. The summed E-state index contributed by atoms with van der Waals surface area (Å²) in [5, 5.41) is 2.66. The van der Waals surface area contributed by atoms with Gasteiger partial charge in [-0.25, -0.2) is 4.79 Å². The highest BCUT2D eigenvalue weighted by atomic mass is 16.6. The molecule has 2 heterocycles. The second kappa shape index (κ2) is 19.6. The molecule has 0 radical (unpaired) electrons. The first-order chi connectivity index (χ1) is 16.8. The zero-order valence-electron chi connectivity index (χ0n) is 21.5. The van der Waals surface area contributed by atoms with E-state index in [4.69, 9.17) is 14.2 Å². The molecule has 1 amide bonds. The van der Waals surface area contributed by atoms with Crippen LogP contribution in [-0.2, 0) is 14.2 Å². The monoisotopic (exact) mass is 476 g/mol. The first-order valence-electron chi connectivity index (χ1n) is 13.8. The van der Waals surface area contributed by atoms with Crippen molar-refractivity contribution < 1.29 is 19.0 Å². The Hall–Kier alpha value is -1.66. The molecule has 0 saturated carbocycles. The van der Waals surface area contributed by atoms with E-state index in [1.165, 1.54) is 83.5 Å². The van der Waals surface area contributed by atoms with Gasteiger partial charge in [-0.2, -0.15) is 0 Å². The molecule has 0 unspecified atom stereocenters. The van der Waals surface area contributed by atoms with Gasteiger partial charge in [0.25, 0.3) is 0 Å². The quantitative estimate of drug-likeness (QED) is 0.197. The van der Waals surface area contributed by atoms with Gasteiger partial charge in [0.15, 0.2) is 0 Å². The van der Waals surface area contributed by atoms with E-state index >= 15 is 0 Å². The largest absolute Gasteiger partial charge is 0.447 e. The number of ether oxygens (including phenoxy) is 3. The molecule has 1 aromatic rings. The normalized spacial score (nSPS) is 17.7. The van der Waals surface area contributed by atoms with Crippen LogP contribution in [0.2, 0.25) is 0 Å².